The molecule has 1 rings (SSSR count). The van der Waals surface area contributed by atoms with Gasteiger partial charge in [0.05, 0.1) is 12.8 Å². The summed E-state index contributed by atoms with van der Waals surface area (Å²) in [5.74, 6) is 1.04. The van der Waals surface area contributed by atoms with Crippen LogP contribution in [0.15, 0.2) is 22.8 Å². The Morgan fingerprint density at radius 3 is 2.37 bits per heavy atom. The minimum atomic E-state index is 0.176. The Kier molecular flexibility index (Phi) is 5.63. The Balaban J connectivity index is 2.49. The van der Waals surface area contributed by atoms with Crippen molar-refractivity contribution < 1.29 is 4.42 Å². The standard InChI is InChI=1S/C16H30N2O/c1-7-18(11-14-9-8-10-19-14)13-16(5,6)12-17-15(2,3)4/h8-10,17H,7,11-13H2,1-6H3. The maximum absolute atomic E-state index is 5.44. The summed E-state index contributed by atoms with van der Waals surface area (Å²) >= 11 is 0. The Morgan fingerprint density at radius 1 is 1.21 bits per heavy atom. The first-order chi connectivity index (χ1) is 8.72. The normalized spacial score (nSPS) is 13.2. The minimum Gasteiger partial charge on any atom is -0.468 e. The van der Waals surface area contributed by atoms with Crippen molar-refractivity contribution in [1.82, 2.24) is 10.2 Å². The summed E-state index contributed by atoms with van der Waals surface area (Å²) in [7, 11) is 0. The number of hydrogen-bond donors (Lipinski definition) is 1. The lowest BCUT2D eigenvalue weighted by Crippen LogP contribution is -2.46. The summed E-state index contributed by atoms with van der Waals surface area (Å²) in [5, 5.41) is 3.60. The van der Waals surface area contributed by atoms with Crippen molar-refractivity contribution in [1.29, 1.82) is 0 Å². The molecule has 0 spiro atoms. The fourth-order valence-corrected chi connectivity index (χ4v) is 2.07. The highest BCUT2D eigenvalue weighted by atomic mass is 16.3. The molecular weight excluding hydrogens is 236 g/mol. The lowest BCUT2D eigenvalue weighted by molar-refractivity contribution is 0.157. The van der Waals surface area contributed by atoms with E-state index < -0.39 is 0 Å². The van der Waals surface area contributed by atoms with Crippen molar-refractivity contribution >= 4 is 0 Å². The second kappa shape index (κ2) is 6.58. The molecule has 1 heterocycles. The molecule has 19 heavy (non-hydrogen) atoms. The first kappa shape index (κ1) is 16.3. The first-order valence-electron chi connectivity index (χ1n) is 7.22. The van der Waals surface area contributed by atoms with E-state index in [0.717, 1.165) is 31.9 Å². The number of furan rings is 1. The van der Waals surface area contributed by atoms with Crippen LogP contribution >= 0.6 is 0 Å². The van der Waals surface area contributed by atoms with Crippen molar-refractivity contribution in [3.8, 4) is 0 Å². The summed E-state index contributed by atoms with van der Waals surface area (Å²) < 4.78 is 5.44. The second-order valence-electron chi connectivity index (χ2n) is 7.15. The Hall–Kier alpha value is -0.800. The van der Waals surface area contributed by atoms with Crippen LogP contribution in [-0.2, 0) is 6.54 Å². The lowest BCUT2D eigenvalue weighted by Gasteiger charge is -2.34. The molecule has 0 aliphatic rings. The summed E-state index contributed by atoms with van der Waals surface area (Å²) in [4.78, 5) is 2.43. The number of rotatable bonds is 7. The molecule has 3 heteroatoms. The highest BCUT2D eigenvalue weighted by Crippen LogP contribution is 2.19. The molecule has 0 amide bonds. The van der Waals surface area contributed by atoms with Crippen molar-refractivity contribution in [2.75, 3.05) is 19.6 Å². The van der Waals surface area contributed by atoms with Crippen LogP contribution in [0.4, 0.5) is 0 Å². The zero-order valence-corrected chi connectivity index (χ0v) is 13.4. The van der Waals surface area contributed by atoms with E-state index in [9.17, 15) is 0 Å². The monoisotopic (exact) mass is 266 g/mol. The average molecular weight is 266 g/mol. The van der Waals surface area contributed by atoms with Crippen LogP contribution < -0.4 is 5.32 Å². The Labute approximate surface area is 118 Å². The zero-order chi connectivity index (χ0) is 14.5. The molecule has 0 saturated carbocycles. The average Bonchev–Trinajstić information content (AvgIpc) is 2.77. The minimum absolute atomic E-state index is 0.176. The van der Waals surface area contributed by atoms with Gasteiger partial charge in [-0.3, -0.25) is 4.90 Å². The van der Waals surface area contributed by atoms with Crippen LogP contribution in [0.2, 0.25) is 0 Å². The van der Waals surface area contributed by atoms with Gasteiger partial charge < -0.3 is 9.73 Å². The predicted molar refractivity (Wildman–Crippen MR) is 81.2 cm³/mol. The maximum atomic E-state index is 5.44. The van der Waals surface area contributed by atoms with Crippen molar-refractivity contribution in [2.24, 2.45) is 5.41 Å². The number of hydrogen-bond acceptors (Lipinski definition) is 3. The molecule has 110 valence electrons. The molecule has 3 nitrogen and oxygen atoms in total. The van der Waals surface area contributed by atoms with E-state index in [2.05, 4.69) is 51.8 Å². The predicted octanol–water partition coefficient (Wildman–Crippen LogP) is 3.52. The van der Waals surface area contributed by atoms with Crippen LogP contribution in [0, 0.1) is 5.41 Å². The van der Waals surface area contributed by atoms with Gasteiger partial charge in [-0.05, 0) is 44.9 Å². The van der Waals surface area contributed by atoms with E-state index >= 15 is 0 Å². The van der Waals surface area contributed by atoms with Gasteiger partial charge in [-0.15, -0.1) is 0 Å². The van der Waals surface area contributed by atoms with Gasteiger partial charge in [0.25, 0.3) is 0 Å². The van der Waals surface area contributed by atoms with Gasteiger partial charge in [0.1, 0.15) is 5.76 Å². The summed E-state index contributed by atoms with van der Waals surface area (Å²) in [6.07, 6.45) is 1.75. The smallest absolute Gasteiger partial charge is 0.117 e. The van der Waals surface area contributed by atoms with Crippen LogP contribution in [0.5, 0.6) is 0 Å². The van der Waals surface area contributed by atoms with Gasteiger partial charge in [-0.25, -0.2) is 0 Å². The van der Waals surface area contributed by atoms with Crippen molar-refractivity contribution in [3.05, 3.63) is 24.2 Å². The molecule has 0 unspecified atom stereocenters. The molecule has 0 aliphatic heterocycles. The highest BCUT2D eigenvalue weighted by molar-refractivity contribution is 4.98. The van der Waals surface area contributed by atoms with E-state index in [1.165, 1.54) is 0 Å². The molecule has 0 bridgehead atoms. The van der Waals surface area contributed by atoms with E-state index in [-0.39, 0.29) is 11.0 Å². The van der Waals surface area contributed by atoms with E-state index in [1.54, 1.807) is 6.26 Å². The lowest BCUT2D eigenvalue weighted by atomic mass is 9.91. The molecule has 0 fully saturated rings. The molecular formula is C16H30N2O. The van der Waals surface area contributed by atoms with E-state index in [0.29, 0.717) is 0 Å². The Morgan fingerprint density at radius 2 is 1.89 bits per heavy atom. The SMILES string of the molecule is CCN(Cc1ccco1)CC(C)(C)CNC(C)(C)C. The van der Waals surface area contributed by atoms with Crippen LogP contribution in [0.3, 0.4) is 0 Å². The molecule has 0 aromatic carbocycles. The fourth-order valence-electron chi connectivity index (χ4n) is 2.07. The van der Waals surface area contributed by atoms with E-state index in [1.807, 2.05) is 12.1 Å². The second-order valence-corrected chi connectivity index (χ2v) is 7.15. The largest absolute Gasteiger partial charge is 0.468 e. The molecule has 0 radical (unpaired) electrons. The van der Waals surface area contributed by atoms with Gasteiger partial charge in [-0.2, -0.15) is 0 Å². The quantitative estimate of drug-likeness (QED) is 0.818. The van der Waals surface area contributed by atoms with Gasteiger partial charge in [-0.1, -0.05) is 20.8 Å². The third-order valence-corrected chi connectivity index (χ3v) is 3.16. The van der Waals surface area contributed by atoms with E-state index in [4.69, 9.17) is 4.42 Å². The highest BCUT2D eigenvalue weighted by Gasteiger charge is 2.23. The van der Waals surface area contributed by atoms with Crippen molar-refractivity contribution in [3.63, 3.8) is 0 Å². The maximum Gasteiger partial charge on any atom is 0.117 e. The van der Waals surface area contributed by atoms with Gasteiger partial charge in [0, 0.05) is 18.6 Å². The number of nitrogens with one attached hydrogen (secondary N) is 1. The van der Waals surface area contributed by atoms with Crippen molar-refractivity contribution in [2.45, 2.75) is 53.6 Å². The summed E-state index contributed by atoms with van der Waals surface area (Å²) in [6, 6.07) is 4.00. The van der Waals surface area contributed by atoms with Crippen LogP contribution in [-0.4, -0.2) is 30.1 Å². The molecule has 0 saturated heterocycles. The molecule has 1 aromatic heterocycles. The molecule has 1 aromatic rings. The topological polar surface area (TPSA) is 28.4 Å². The molecule has 1 N–H and O–H groups in total. The van der Waals surface area contributed by atoms with Crippen LogP contribution in [0.1, 0.15) is 47.3 Å². The van der Waals surface area contributed by atoms with Gasteiger partial charge in [0.2, 0.25) is 0 Å². The van der Waals surface area contributed by atoms with Gasteiger partial charge in [0.15, 0.2) is 0 Å². The summed E-state index contributed by atoms with van der Waals surface area (Å²) in [5.41, 5.74) is 0.422. The Bertz CT molecular complexity index is 349. The number of nitrogens with zero attached hydrogens (tertiary/aromatic N) is 1. The zero-order valence-electron chi connectivity index (χ0n) is 13.4. The van der Waals surface area contributed by atoms with Gasteiger partial charge >= 0.3 is 0 Å². The summed E-state index contributed by atoms with van der Waals surface area (Å²) in [6.45, 7) is 17.5. The fraction of sp³-hybridized carbons (Fsp3) is 0.750. The molecule has 0 atom stereocenters. The molecule has 0 aliphatic carbocycles. The van der Waals surface area contributed by atoms with Crippen LogP contribution in [0.25, 0.3) is 0 Å². The third-order valence-electron chi connectivity index (χ3n) is 3.16. The first-order valence-corrected chi connectivity index (χ1v) is 7.22. The third kappa shape index (κ3) is 6.79.